The van der Waals surface area contributed by atoms with Gasteiger partial charge in [-0.2, -0.15) is 9.97 Å². The number of rotatable bonds is 4. The Kier molecular flexibility index (Phi) is 4.47. The topological polar surface area (TPSA) is 122 Å². The fourth-order valence-corrected chi connectivity index (χ4v) is 1.57. The van der Waals surface area contributed by atoms with E-state index in [4.69, 9.17) is 17.2 Å². The van der Waals surface area contributed by atoms with Gasteiger partial charge in [0.1, 0.15) is 5.52 Å². The number of unbranched alkanes of at least 4 members (excludes halogenated alkanes) is 1. The standard InChI is InChI=1S/C9H15N7.ClH/c10-3-1-2-4-16-5-13-6-7(11)14-9(12)15-8(6)16;/h5H,1-4,10H2,(H4,11,12,14,15);1H. The van der Waals surface area contributed by atoms with Crippen LogP contribution in [0, 0.1) is 0 Å². The van der Waals surface area contributed by atoms with Gasteiger partial charge in [-0.3, -0.25) is 0 Å². The Morgan fingerprint density at radius 1 is 1.18 bits per heavy atom. The van der Waals surface area contributed by atoms with Crippen LogP contribution in [0.25, 0.3) is 11.2 Å². The first kappa shape index (κ1) is 13.5. The number of anilines is 2. The first-order valence-corrected chi connectivity index (χ1v) is 5.16. The molecule has 0 saturated carbocycles. The molecule has 17 heavy (non-hydrogen) atoms. The third kappa shape index (κ3) is 2.75. The quantitative estimate of drug-likeness (QED) is 0.671. The zero-order chi connectivity index (χ0) is 11.5. The molecule has 2 rings (SSSR count). The van der Waals surface area contributed by atoms with Crippen molar-refractivity contribution in [2.75, 3.05) is 18.0 Å². The first-order valence-electron chi connectivity index (χ1n) is 5.16. The largest absolute Gasteiger partial charge is 0.382 e. The summed E-state index contributed by atoms with van der Waals surface area (Å²) in [7, 11) is 0. The lowest BCUT2D eigenvalue weighted by Gasteiger charge is -2.03. The predicted octanol–water partition coefficient (Wildman–Crippen LogP) is 0.151. The van der Waals surface area contributed by atoms with Crippen LogP contribution < -0.4 is 17.2 Å². The number of nitrogen functional groups attached to an aromatic ring is 2. The summed E-state index contributed by atoms with van der Waals surface area (Å²) in [6.45, 7) is 1.50. The zero-order valence-corrected chi connectivity index (χ0v) is 10.2. The molecule has 0 radical (unpaired) electrons. The van der Waals surface area contributed by atoms with Crippen LogP contribution in [0.4, 0.5) is 11.8 Å². The van der Waals surface area contributed by atoms with Gasteiger partial charge >= 0.3 is 0 Å². The molecule has 0 spiro atoms. The van der Waals surface area contributed by atoms with Gasteiger partial charge in [-0.25, -0.2) is 4.98 Å². The number of nitrogens with two attached hydrogens (primary N) is 3. The van der Waals surface area contributed by atoms with Crippen molar-refractivity contribution in [3.8, 4) is 0 Å². The molecule has 2 aromatic heterocycles. The monoisotopic (exact) mass is 257 g/mol. The lowest BCUT2D eigenvalue weighted by Crippen LogP contribution is -2.05. The SMILES string of the molecule is Cl.NCCCCn1cnc2c(N)nc(N)nc21. The minimum atomic E-state index is 0. The molecule has 7 nitrogen and oxygen atoms in total. The Bertz CT molecular complexity index is 495. The molecule has 0 aliphatic carbocycles. The number of imidazole rings is 1. The van der Waals surface area contributed by atoms with Crippen molar-refractivity contribution in [2.24, 2.45) is 5.73 Å². The number of hydrogen-bond donors (Lipinski definition) is 3. The van der Waals surface area contributed by atoms with E-state index in [0.29, 0.717) is 23.5 Å². The maximum Gasteiger partial charge on any atom is 0.224 e. The normalized spacial score (nSPS) is 10.4. The molecular weight excluding hydrogens is 242 g/mol. The van der Waals surface area contributed by atoms with Crippen molar-refractivity contribution in [3.63, 3.8) is 0 Å². The highest BCUT2D eigenvalue weighted by Crippen LogP contribution is 2.17. The fourth-order valence-electron chi connectivity index (χ4n) is 1.57. The van der Waals surface area contributed by atoms with Gasteiger partial charge in [0.05, 0.1) is 6.33 Å². The van der Waals surface area contributed by atoms with Crippen molar-refractivity contribution in [1.29, 1.82) is 0 Å². The minimum absolute atomic E-state index is 0. The second-order valence-electron chi connectivity index (χ2n) is 3.57. The molecule has 2 heterocycles. The third-order valence-electron chi connectivity index (χ3n) is 2.36. The van der Waals surface area contributed by atoms with E-state index in [2.05, 4.69) is 15.0 Å². The van der Waals surface area contributed by atoms with Gasteiger partial charge in [-0.15, -0.1) is 12.4 Å². The molecule has 8 heteroatoms. The van der Waals surface area contributed by atoms with Crippen LogP contribution in [0.3, 0.4) is 0 Å². The van der Waals surface area contributed by atoms with Crippen LogP contribution in [0.5, 0.6) is 0 Å². The van der Waals surface area contributed by atoms with Crippen molar-refractivity contribution >= 4 is 35.3 Å². The van der Waals surface area contributed by atoms with Crippen molar-refractivity contribution in [2.45, 2.75) is 19.4 Å². The molecule has 0 fully saturated rings. The van der Waals surface area contributed by atoms with E-state index in [1.807, 2.05) is 4.57 Å². The summed E-state index contributed by atoms with van der Waals surface area (Å²) in [6.07, 6.45) is 3.65. The summed E-state index contributed by atoms with van der Waals surface area (Å²) >= 11 is 0. The van der Waals surface area contributed by atoms with Gasteiger partial charge in [0.2, 0.25) is 5.95 Å². The van der Waals surface area contributed by atoms with Crippen LogP contribution in [0.1, 0.15) is 12.8 Å². The summed E-state index contributed by atoms with van der Waals surface area (Å²) in [6, 6.07) is 0. The lowest BCUT2D eigenvalue weighted by atomic mass is 10.3. The van der Waals surface area contributed by atoms with Gasteiger partial charge in [0.25, 0.3) is 0 Å². The molecule has 94 valence electrons. The summed E-state index contributed by atoms with van der Waals surface area (Å²) in [5.41, 5.74) is 18.0. The van der Waals surface area contributed by atoms with E-state index < -0.39 is 0 Å². The number of fused-ring (bicyclic) bond motifs is 1. The Balaban J connectivity index is 0.00000144. The van der Waals surface area contributed by atoms with Crippen molar-refractivity contribution in [3.05, 3.63) is 6.33 Å². The van der Waals surface area contributed by atoms with Gasteiger partial charge < -0.3 is 21.8 Å². The van der Waals surface area contributed by atoms with E-state index >= 15 is 0 Å². The fraction of sp³-hybridized carbons (Fsp3) is 0.444. The highest BCUT2D eigenvalue weighted by molar-refractivity contribution is 5.85. The Hall–Kier alpha value is -1.60. The first-order chi connectivity index (χ1) is 7.72. The van der Waals surface area contributed by atoms with E-state index in [9.17, 15) is 0 Å². The number of halogens is 1. The third-order valence-corrected chi connectivity index (χ3v) is 2.36. The average Bonchev–Trinajstić information content (AvgIpc) is 2.62. The van der Waals surface area contributed by atoms with Crippen LogP contribution in [-0.4, -0.2) is 26.1 Å². The molecule has 6 N–H and O–H groups in total. The van der Waals surface area contributed by atoms with Gasteiger partial charge in [-0.1, -0.05) is 0 Å². The van der Waals surface area contributed by atoms with Gasteiger partial charge in [0, 0.05) is 6.54 Å². The molecule has 0 aromatic carbocycles. The summed E-state index contributed by atoms with van der Waals surface area (Å²) < 4.78 is 1.92. The lowest BCUT2D eigenvalue weighted by molar-refractivity contribution is 0.623. The van der Waals surface area contributed by atoms with Crippen LogP contribution in [0.15, 0.2) is 6.33 Å². The number of nitrogens with zero attached hydrogens (tertiary/aromatic N) is 4. The van der Waals surface area contributed by atoms with E-state index in [1.165, 1.54) is 0 Å². The van der Waals surface area contributed by atoms with Crippen LogP contribution >= 0.6 is 12.4 Å². The Morgan fingerprint density at radius 2 is 1.94 bits per heavy atom. The highest BCUT2D eigenvalue weighted by atomic mass is 35.5. The molecule has 0 aliphatic rings. The molecule has 0 bridgehead atoms. The molecule has 0 atom stereocenters. The van der Waals surface area contributed by atoms with E-state index in [0.717, 1.165) is 19.4 Å². The minimum Gasteiger partial charge on any atom is -0.382 e. The second-order valence-corrected chi connectivity index (χ2v) is 3.57. The molecule has 0 unspecified atom stereocenters. The van der Waals surface area contributed by atoms with E-state index in [1.54, 1.807) is 6.33 Å². The van der Waals surface area contributed by atoms with E-state index in [-0.39, 0.29) is 18.4 Å². The molecule has 2 aromatic rings. The summed E-state index contributed by atoms with van der Waals surface area (Å²) in [5, 5.41) is 0. The maximum atomic E-state index is 5.70. The summed E-state index contributed by atoms with van der Waals surface area (Å²) in [4.78, 5) is 12.2. The van der Waals surface area contributed by atoms with Gasteiger partial charge in [-0.05, 0) is 19.4 Å². The van der Waals surface area contributed by atoms with Crippen molar-refractivity contribution < 1.29 is 0 Å². The Labute approximate surface area is 105 Å². The molecule has 0 amide bonds. The highest BCUT2D eigenvalue weighted by Gasteiger charge is 2.09. The Morgan fingerprint density at radius 3 is 2.65 bits per heavy atom. The zero-order valence-electron chi connectivity index (χ0n) is 9.33. The molecule has 0 saturated heterocycles. The maximum absolute atomic E-state index is 5.70. The second kappa shape index (κ2) is 5.65. The number of aryl methyl sites for hydroxylation is 1. The van der Waals surface area contributed by atoms with Crippen molar-refractivity contribution in [1.82, 2.24) is 19.5 Å². The smallest absolute Gasteiger partial charge is 0.224 e. The predicted molar refractivity (Wildman–Crippen MR) is 69.7 cm³/mol. The summed E-state index contributed by atoms with van der Waals surface area (Å²) in [5.74, 6) is 0.491. The number of aromatic nitrogens is 4. The van der Waals surface area contributed by atoms with Crippen LogP contribution in [0.2, 0.25) is 0 Å². The van der Waals surface area contributed by atoms with Crippen LogP contribution in [-0.2, 0) is 6.54 Å². The molecule has 0 aliphatic heterocycles. The molecular formula is C9H16ClN7. The average molecular weight is 258 g/mol. The number of hydrogen-bond acceptors (Lipinski definition) is 6. The van der Waals surface area contributed by atoms with Gasteiger partial charge in [0.15, 0.2) is 11.5 Å².